The third-order valence-electron chi connectivity index (χ3n) is 3.01. The molecule has 0 spiro atoms. The lowest BCUT2D eigenvalue weighted by molar-refractivity contribution is -0.114. The zero-order valence-corrected chi connectivity index (χ0v) is 16.9. The number of anilines is 2. The Bertz CT molecular complexity index is 858. The molecule has 24 heavy (non-hydrogen) atoms. The molecule has 0 fully saturated rings. The van der Waals surface area contributed by atoms with E-state index in [1.807, 2.05) is 12.1 Å². The molecule has 0 aliphatic carbocycles. The van der Waals surface area contributed by atoms with Gasteiger partial charge in [-0.05, 0) is 65.1 Å². The van der Waals surface area contributed by atoms with E-state index in [-0.39, 0.29) is 17.3 Å². The zero-order chi connectivity index (χ0) is 17.9. The summed E-state index contributed by atoms with van der Waals surface area (Å²) in [6.45, 7) is -0.372. The molecule has 0 saturated heterocycles. The summed E-state index contributed by atoms with van der Waals surface area (Å²) >= 11 is 13.9. The Labute approximate surface area is 164 Å². The molecule has 128 valence electrons. The van der Waals surface area contributed by atoms with Gasteiger partial charge in [-0.15, -0.1) is 0 Å². The molecule has 9 heteroatoms. The molecule has 1 N–H and O–H groups in total. The number of rotatable bonds is 5. The zero-order valence-electron chi connectivity index (χ0n) is 12.5. The van der Waals surface area contributed by atoms with Gasteiger partial charge in [0.15, 0.2) is 0 Å². The van der Waals surface area contributed by atoms with E-state index in [1.54, 1.807) is 12.1 Å². The van der Waals surface area contributed by atoms with Crippen LogP contribution in [-0.2, 0) is 14.8 Å². The first-order valence-electron chi connectivity index (χ1n) is 6.65. The number of nitrogens with zero attached hydrogens (tertiary/aromatic N) is 1. The topological polar surface area (TPSA) is 66.5 Å². The molecule has 0 unspecified atom stereocenters. The van der Waals surface area contributed by atoms with Crippen molar-refractivity contribution in [3.05, 3.63) is 56.1 Å². The molecule has 2 rings (SSSR count). The second kappa shape index (κ2) is 7.90. The van der Waals surface area contributed by atoms with Crippen LogP contribution in [0.3, 0.4) is 0 Å². The number of carbonyl (C=O) groups excluding carboxylic acids is 1. The van der Waals surface area contributed by atoms with Gasteiger partial charge in [0, 0.05) is 9.26 Å². The Balaban J connectivity index is 2.21. The molecule has 2 aromatic carbocycles. The fraction of sp³-hybridized carbons (Fsp3) is 0.133. The van der Waals surface area contributed by atoms with Gasteiger partial charge in [0.25, 0.3) is 0 Å². The van der Waals surface area contributed by atoms with Crippen LogP contribution in [0.4, 0.5) is 11.4 Å². The quantitative estimate of drug-likeness (QED) is 0.633. The third kappa shape index (κ3) is 5.23. The van der Waals surface area contributed by atoms with Crippen LogP contribution in [0.2, 0.25) is 10.0 Å². The van der Waals surface area contributed by atoms with Crippen LogP contribution in [0.1, 0.15) is 0 Å². The number of carbonyl (C=O) groups is 1. The van der Waals surface area contributed by atoms with Crippen LogP contribution in [0.5, 0.6) is 0 Å². The SMILES string of the molecule is CS(=O)(=O)N(CC(=O)Nc1ccc(I)cc1)c1ccc(Cl)c(Cl)c1. The number of sulfonamides is 1. The molecule has 0 aromatic heterocycles. The predicted molar refractivity (Wildman–Crippen MR) is 106 cm³/mol. The maximum Gasteiger partial charge on any atom is 0.245 e. The van der Waals surface area contributed by atoms with Crippen LogP contribution in [0.25, 0.3) is 0 Å². The lowest BCUT2D eigenvalue weighted by Gasteiger charge is -2.22. The summed E-state index contributed by atoms with van der Waals surface area (Å²) in [5.74, 6) is -0.465. The highest BCUT2D eigenvalue weighted by atomic mass is 127. The summed E-state index contributed by atoms with van der Waals surface area (Å²) < 4.78 is 26.1. The molecule has 0 saturated carbocycles. The number of hydrogen-bond acceptors (Lipinski definition) is 3. The second-order valence-corrected chi connectivity index (χ2v) is 8.89. The monoisotopic (exact) mass is 498 g/mol. The van der Waals surface area contributed by atoms with Crippen LogP contribution < -0.4 is 9.62 Å². The molecule has 0 atom stereocenters. The van der Waals surface area contributed by atoms with Crippen molar-refractivity contribution in [1.82, 2.24) is 0 Å². The first kappa shape index (κ1) is 19.3. The fourth-order valence-electron chi connectivity index (χ4n) is 1.90. The van der Waals surface area contributed by atoms with Crippen molar-refractivity contribution >= 4 is 73.1 Å². The minimum Gasteiger partial charge on any atom is -0.325 e. The summed E-state index contributed by atoms with van der Waals surface area (Å²) in [5, 5.41) is 3.17. The van der Waals surface area contributed by atoms with E-state index in [9.17, 15) is 13.2 Å². The minimum atomic E-state index is -3.67. The molecule has 0 bridgehead atoms. The van der Waals surface area contributed by atoms with E-state index < -0.39 is 15.9 Å². The van der Waals surface area contributed by atoms with Crippen molar-refractivity contribution in [3.8, 4) is 0 Å². The summed E-state index contributed by atoms with van der Waals surface area (Å²) in [4.78, 5) is 12.2. The van der Waals surface area contributed by atoms with Crippen LogP contribution >= 0.6 is 45.8 Å². The average molecular weight is 499 g/mol. The Morgan fingerprint density at radius 1 is 1.12 bits per heavy atom. The summed E-state index contributed by atoms with van der Waals surface area (Å²) in [6.07, 6.45) is 1.02. The first-order valence-corrected chi connectivity index (χ1v) is 10.3. The van der Waals surface area contributed by atoms with E-state index in [1.165, 1.54) is 18.2 Å². The molecular weight excluding hydrogens is 486 g/mol. The lowest BCUT2D eigenvalue weighted by atomic mass is 10.3. The van der Waals surface area contributed by atoms with Crippen LogP contribution in [0, 0.1) is 3.57 Å². The van der Waals surface area contributed by atoms with Gasteiger partial charge in [0.05, 0.1) is 22.0 Å². The normalized spacial score (nSPS) is 11.2. The van der Waals surface area contributed by atoms with E-state index in [2.05, 4.69) is 27.9 Å². The van der Waals surface area contributed by atoms with Crippen molar-refractivity contribution in [3.63, 3.8) is 0 Å². The molecule has 0 heterocycles. The van der Waals surface area contributed by atoms with Gasteiger partial charge in [-0.1, -0.05) is 23.2 Å². The summed E-state index contributed by atoms with van der Waals surface area (Å²) in [7, 11) is -3.67. The molecular formula is C15H13Cl2IN2O3S. The van der Waals surface area contributed by atoms with Crippen molar-refractivity contribution in [2.24, 2.45) is 0 Å². The van der Waals surface area contributed by atoms with E-state index in [4.69, 9.17) is 23.2 Å². The van der Waals surface area contributed by atoms with Crippen molar-refractivity contribution < 1.29 is 13.2 Å². The van der Waals surface area contributed by atoms with Gasteiger partial charge >= 0.3 is 0 Å². The lowest BCUT2D eigenvalue weighted by Crippen LogP contribution is -2.37. The summed E-state index contributed by atoms with van der Waals surface area (Å²) in [5.41, 5.74) is 0.854. The second-order valence-electron chi connectivity index (χ2n) is 4.92. The fourth-order valence-corrected chi connectivity index (χ4v) is 3.40. The van der Waals surface area contributed by atoms with Gasteiger partial charge in [0.1, 0.15) is 6.54 Å². The maximum absolute atomic E-state index is 12.2. The number of halogens is 3. The Morgan fingerprint density at radius 3 is 2.29 bits per heavy atom. The highest BCUT2D eigenvalue weighted by molar-refractivity contribution is 14.1. The highest BCUT2D eigenvalue weighted by Crippen LogP contribution is 2.28. The van der Waals surface area contributed by atoms with E-state index in [0.29, 0.717) is 10.7 Å². The van der Waals surface area contributed by atoms with Crippen molar-refractivity contribution in [2.75, 3.05) is 22.4 Å². The molecule has 5 nitrogen and oxygen atoms in total. The first-order chi connectivity index (χ1) is 11.2. The minimum absolute atomic E-state index is 0.209. The van der Waals surface area contributed by atoms with Gasteiger partial charge in [0.2, 0.25) is 15.9 Å². The predicted octanol–water partition coefficient (Wildman–Crippen LogP) is 4.00. The number of nitrogens with one attached hydrogen (secondary N) is 1. The highest BCUT2D eigenvalue weighted by Gasteiger charge is 2.21. The number of hydrogen-bond donors (Lipinski definition) is 1. The van der Waals surface area contributed by atoms with Gasteiger partial charge < -0.3 is 5.32 Å². The Kier molecular flexibility index (Phi) is 6.35. The van der Waals surface area contributed by atoms with Crippen molar-refractivity contribution in [2.45, 2.75) is 0 Å². The van der Waals surface area contributed by atoms with Crippen molar-refractivity contribution in [1.29, 1.82) is 0 Å². The van der Waals surface area contributed by atoms with E-state index >= 15 is 0 Å². The van der Waals surface area contributed by atoms with E-state index in [0.717, 1.165) is 14.1 Å². The number of amides is 1. The molecule has 1 amide bonds. The van der Waals surface area contributed by atoms with Gasteiger partial charge in [-0.2, -0.15) is 0 Å². The average Bonchev–Trinajstić information content (AvgIpc) is 2.49. The van der Waals surface area contributed by atoms with Gasteiger partial charge in [-0.3, -0.25) is 9.10 Å². The standard InChI is InChI=1S/C15H13Cl2IN2O3S/c1-24(22,23)20(12-6-7-13(16)14(17)8-12)9-15(21)19-11-4-2-10(18)3-5-11/h2-8H,9H2,1H3,(H,19,21). The maximum atomic E-state index is 12.2. The Hall–Kier alpha value is -1.03. The Morgan fingerprint density at radius 2 is 1.75 bits per heavy atom. The molecule has 0 aliphatic rings. The largest absolute Gasteiger partial charge is 0.325 e. The molecule has 0 aliphatic heterocycles. The van der Waals surface area contributed by atoms with Crippen LogP contribution in [-0.4, -0.2) is 27.1 Å². The molecule has 2 aromatic rings. The number of benzene rings is 2. The third-order valence-corrected chi connectivity index (χ3v) is 5.61. The summed E-state index contributed by atoms with van der Waals surface area (Å²) in [6, 6.07) is 11.5. The smallest absolute Gasteiger partial charge is 0.245 e. The van der Waals surface area contributed by atoms with Gasteiger partial charge in [-0.25, -0.2) is 8.42 Å². The van der Waals surface area contributed by atoms with Crippen LogP contribution in [0.15, 0.2) is 42.5 Å². The molecule has 0 radical (unpaired) electrons.